The van der Waals surface area contributed by atoms with Gasteiger partial charge in [-0.25, -0.2) is 0 Å². The number of nitrogens with zero attached hydrogens (tertiary/aromatic N) is 3. The lowest BCUT2D eigenvalue weighted by molar-refractivity contribution is -0.00982. The summed E-state index contributed by atoms with van der Waals surface area (Å²) in [5, 5.41) is 4.24. The molecule has 1 saturated heterocycles. The number of rotatable bonds is 5. The molecule has 0 unspecified atom stereocenters. The van der Waals surface area contributed by atoms with Gasteiger partial charge in [0.15, 0.2) is 5.82 Å². The number of carbonyl (C=O) groups is 1. The molecule has 134 valence electrons. The Labute approximate surface area is 150 Å². The van der Waals surface area contributed by atoms with E-state index >= 15 is 0 Å². The van der Waals surface area contributed by atoms with E-state index in [-0.39, 0.29) is 12.0 Å². The normalized spacial score (nSPS) is 15.4. The third kappa shape index (κ3) is 4.29. The van der Waals surface area contributed by atoms with Crippen molar-refractivity contribution in [3.05, 3.63) is 40.5 Å². The standard InChI is InChI=1S/C17H20ClN3O4/c1-11-19-16(25-20-11)10-24-13-5-7-21(8-6-13)17(22)14-9-12(18)3-4-15(14)23-2/h3-4,9,13H,5-8,10H2,1-2H3. The Morgan fingerprint density at radius 2 is 2.16 bits per heavy atom. The summed E-state index contributed by atoms with van der Waals surface area (Å²) in [6, 6.07) is 5.05. The fraction of sp³-hybridized carbons (Fsp3) is 0.471. The Morgan fingerprint density at radius 3 is 2.80 bits per heavy atom. The zero-order valence-corrected chi connectivity index (χ0v) is 15.0. The summed E-state index contributed by atoms with van der Waals surface area (Å²) in [6.45, 7) is 3.28. The van der Waals surface area contributed by atoms with Crippen LogP contribution in [0.5, 0.6) is 5.75 Å². The van der Waals surface area contributed by atoms with E-state index in [1.165, 1.54) is 0 Å². The largest absolute Gasteiger partial charge is 0.496 e. The zero-order valence-electron chi connectivity index (χ0n) is 14.2. The van der Waals surface area contributed by atoms with Gasteiger partial charge < -0.3 is 18.9 Å². The Morgan fingerprint density at radius 1 is 1.40 bits per heavy atom. The van der Waals surface area contributed by atoms with Crippen LogP contribution in [0.1, 0.15) is 34.9 Å². The fourth-order valence-corrected chi connectivity index (χ4v) is 3.00. The van der Waals surface area contributed by atoms with Crippen LogP contribution in [0, 0.1) is 6.92 Å². The van der Waals surface area contributed by atoms with Crippen molar-refractivity contribution >= 4 is 17.5 Å². The number of amides is 1. The molecule has 1 aromatic heterocycles. The molecule has 1 aliphatic rings. The third-order valence-electron chi connectivity index (χ3n) is 4.13. The van der Waals surface area contributed by atoms with E-state index < -0.39 is 0 Å². The van der Waals surface area contributed by atoms with Gasteiger partial charge in [-0.3, -0.25) is 4.79 Å². The lowest BCUT2D eigenvalue weighted by Crippen LogP contribution is -2.41. The van der Waals surface area contributed by atoms with E-state index in [0.29, 0.717) is 47.7 Å². The molecule has 0 spiro atoms. The Hall–Kier alpha value is -2.12. The first-order valence-corrected chi connectivity index (χ1v) is 8.48. The number of hydrogen-bond acceptors (Lipinski definition) is 6. The number of ether oxygens (including phenoxy) is 2. The summed E-state index contributed by atoms with van der Waals surface area (Å²) >= 11 is 6.01. The highest BCUT2D eigenvalue weighted by Crippen LogP contribution is 2.26. The highest BCUT2D eigenvalue weighted by Gasteiger charge is 2.26. The highest BCUT2D eigenvalue weighted by atomic mass is 35.5. The van der Waals surface area contributed by atoms with Gasteiger partial charge in [0, 0.05) is 18.1 Å². The quantitative estimate of drug-likeness (QED) is 0.810. The molecule has 0 atom stereocenters. The van der Waals surface area contributed by atoms with Crippen LogP contribution in [0.25, 0.3) is 0 Å². The zero-order chi connectivity index (χ0) is 17.8. The second kappa shape index (κ2) is 7.84. The van der Waals surface area contributed by atoms with Crippen LogP contribution in [0.3, 0.4) is 0 Å². The van der Waals surface area contributed by atoms with Crippen LogP contribution in [0.4, 0.5) is 0 Å². The van der Waals surface area contributed by atoms with Crippen LogP contribution in [0.15, 0.2) is 22.7 Å². The van der Waals surface area contributed by atoms with Crippen LogP contribution in [-0.4, -0.2) is 47.3 Å². The maximum Gasteiger partial charge on any atom is 0.257 e. The first kappa shape index (κ1) is 17.7. The molecule has 1 aliphatic heterocycles. The minimum absolute atomic E-state index is 0.0671. The van der Waals surface area contributed by atoms with Gasteiger partial charge in [0.1, 0.15) is 12.4 Å². The number of aromatic nitrogens is 2. The van der Waals surface area contributed by atoms with Crippen LogP contribution < -0.4 is 4.74 Å². The first-order chi connectivity index (χ1) is 12.1. The van der Waals surface area contributed by atoms with E-state index in [0.717, 1.165) is 12.8 Å². The van der Waals surface area contributed by atoms with Crippen molar-refractivity contribution in [2.45, 2.75) is 32.5 Å². The predicted molar refractivity (Wildman–Crippen MR) is 90.8 cm³/mol. The van der Waals surface area contributed by atoms with Gasteiger partial charge in [-0.05, 0) is 38.0 Å². The monoisotopic (exact) mass is 365 g/mol. The topological polar surface area (TPSA) is 77.7 Å². The molecule has 0 saturated carbocycles. The molecule has 0 bridgehead atoms. The van der Waals surface area contributed by atoms with Crippen molar-refractivity contribution in [3.63, 3.8) is 0 Å². The summed E-state index contributed by atoms with van der Waals surface area (Å²) < 4.78 is 16.1. The summed E-state index contributed by atoms with van der Waals surface area (Å²) in [4.78, 5) is 18.6. The van der Waals surface area contributed by atoms with Crippen LogP contribution in [0.2, 0.25) is 5.02 Å². The number of piperidine rings is 1. The molecule has 2 heterocycles. The van der Waals surface area contributed by atoms with Crippen molar-refractivity contribution in [1.82, 2.24) is 15.0 Å². The van der Waals surface area contributed by atoms with Crippen molar-refractivity contribution in [2.24, 2.45) is 0 Å². The molecule has 1 amide bonds. The van der Waals surface area contributed by atoms with Crippen molar-refractivity contribution in [3.8, 4) is 5.75 Å². The molecule has 1 fully saturated rings. The van der Waals surface area contributed by atoms with Gasteiger partial charge in [0.05, 0.1) is 18.8 Å². The number of carbonyl (C=O) groups excluding carboxylic acids is 1. The van der Waals surface area contributed by atoms with E-state index in [4.69, 9.17) is 25.6 Å². The lowest BCUT2D eigenvalue weighted by Gasteiger charge is -2.32. The predicted octanol–water partition coefficient (Wildman–Crippen LogP) is 2.86. The number of benzene rings is 1. The Balaban J connectivity index is 1.55. The average molecular weight is 366 g/mol. The molecular formula is C17H20ClN3O4. The average Bonchev–Trinajstić information content (AvgIpc) is 3.05. The van der Waals surface area contributed by atoms with E-state index in [2.05, 4.69) is 10.1 Å². The van der Waals surface area contributed by atoms with Crippen molar-refractivity contribution < 1.29 is 18.8 Å². The van der Waals surface area contributed by atoms with Gasteiger partial charge in [0.2, 0.25) is 0 Å². The molecule has 2 aromatic rings. The minimum Gasteiger partial charge on any atom is -0.496 e. The highest BCUT2D eigenvalue weighted by molar-refractivity contribution is 6.31. The molecule has 3 rings (SSSR count). The number of hydrogen-bond donors (Lipinski definition) is 0. The fourth-order valence-electron chi connectivity index (χ4n) is 2.83. The van der Waals surface area contributed by atoms with Crippen molar-refractivity contribution in [2.75, 3.05) is 20.2 Å². The Bertz CT molecular complexity index is 741. The molecule has 7 nitrogen and oxygen atoms in total. The molecule has 1 aromatic carbocycles. The smallest absolute Gasteiger partial charge is 0.257 e. The maximum absolute atomic E-state index is 12.7. The number of methoxy groups -OCH3 is 1. The Kier molecular flexibility index (Phi) is 5.55. The molecule has 25 heavy (non-hydrogen) atoms. The van der Waals surface area contributed by atoms with E-state index in [1.54, 1.807) is 37.1 Å². The van der Waals surface area contributed by atoms with Gasteiger partial charge in [-0.15, -0.1) is 0 Å². The number of likely N-dealkylation sites (tertiary alicyclic amines) is 1. The first-order valence-electron chi connectivity index (χ1n) is 8.10. The summed E-state index contributed by atoms with van der Waals surface area (Å²) in [5.74, 6) is 1.51. The van der Waals surface area contributed by atoms with E-state index in [9.17, 15) is 4.79 Å². The lowest BCUT2D eigenvalue weighted by atomic mass is 10.1. The van der Waals surface area contributed by atoms with Crippen LogP contribution in [-0.2, 0) is 11.3 Å². The van der Waals surface area contributed by atoms with Gasteiger partial charge >= 0.3 is 0 Å². The number of halogens is 1. The second-order valence-electron chi connectivity index (χ2n) is 5.88. The summed E-state index contributed by atoms with van der Waals surface area (Å²) in [6.07, 6.45) is 1.57. The molecule has 8 heteroatoms. The summed E-state index contributed by atoms with van der Waals surface area (Å²) in [5.41, 5.74) is 0.482. The second-order valence-corrected chi connectivity index (χ2v) is 6.32. The van der Waals surface area contributed by atoms with Crippen LogP contribution >= 0.6 is 11.6 Å². The van der Waals surface area contributed by atoms with Gasteiger partial charge in [-0.2, -0.15) is 4.98 Å². The molecular weight excluding hydrogens is 346 g/mol. The minimum atomic E-state index is -0.0784. The molecule has 0 aliphatic carbocycles. The number of aryl methyl sites for hydroxylation is 1. The summed E-state index contributed by atoms with van der Waals surface area (Å²) in [7, 11) is 1.54. The van der Waals surface area contributed by atoms with Gasteiger partial charge in [0.25, 0.3) is 11.8 Å². The van der Waals surface area contributed by atoms with E-state index in [1.807, 2.05) is 0 Å². The third-order valence-corrected chi connectivity index (χ3v) is 4.37. The van der Waals surface area contributed by atoms with Gasteiger partial charge in [-0.1, -0.05) is 16.8 Å². The molecule has 0 radical (unpaired) electrons. The molecule has 0 N–H and O–H groups in total. The maximum atomic E-state index is 12.7. The van der Waals surface area contributed by atoms with Crippen molar-refractivity contribution in [1.29, 1.82) is 0 Å². The SMILES string of the molecule is COc1ccc(Cl)cc1C(=O)N1CCC(OCc2nc(C)no2)CC1.